The van der Waals surface area contributed by atoms with Gasteiger partial charge in [-0.15, -0.1) is 10.2 Å². The van der Waals surface area contributed by atoms with E-state index in [1.54, 1.807) is 0 Å². The van der Waals surface area contributed by atoms with Gasteiger partial charge in [0.2, 0.25) is 11.0 Å². The van der Waals surface area contributed by atoms with Gasteiger partial charge in [-0.3, -0.25) is 4.79 Å². The zero-order valence-electron chi connectivity index (χ0n) is 14.9. The number of aromatic nitrogens is 2. The SMILES string of the molecule is Cc1ccc(Nc2nnc(SCC(=O)N3CCCC(C)C3)s2)cc1C. The lowest BCUT2D eigenvalue weighted by Crippen LogP contribution is -2.40. The Morgan fingerprint density at radius 1 is 1.36 bits per heavy atom. The fraction of sp³-hybridized carbons (Fsp3) is 0.500. The van der Waals surface area contributed by atoms with Gasteiger partial charge in [-0.2, -0.15) is 0 Å². The lowest BCUT2D eigenvalue weighted by Gasteiger charge is -2.30. The van der Waals surface area contributed by atoms with Crippen LogP contribution in [0.25, 0.3) is 0 Å². The van der Waals surface area contributed by atoms with Gasteiger partial charge in [0.25, 0.3) is 0 Å². The highest BCUT2D eigenvalue weighted by atomic mass is 32.2. The van der Waals surface area contributed by atoms with E-state index in [0.717, 1.165) is 34.7 Å². The van der Waals surface area contributed by atoms with Crippen LogP contribution in [0.4, 0.5) is 10.8 Å². The zero-order chi connectivity index (χ0) is 17.8. The van der Waals surface area contributed by atoms with Gasteiger partial charge in [-0.25, -0.2) is 0 Å². The number of piperidine rings is 1. The highest BCUT2D eigenvalue weighted by molar-refractivity contribution is 8.01. The summed E-state index contributed by atoms with van der Waals surface area (Å²) in [7, 11) is 0. The first kappa shape index (κ1) is 18.2. The molecule has 25 heavy (non-hydrogen) atoms. The smallest absolute Gasteiger partial charge is 0.233 e. The largest absolute Gasteiger partial charge is 0.342 e. The third-order valence-electron chi connectivity index (χ3n) is 4.49. The van der Waals surface area contributed by atoms with Gasteiger partial charge >= 0.3 is 0 Å². The molecular formula is C18H24N4OS2. The molecule has 0 radical (unpaired) electrons. The van der Waals surface area contributed by atoms with Gasteiger partial charge < -0.3 is 10.2 Å². The Hall–Kier alpha value is -1.60. The first-order valence-electron chi connectivity index (χ1n) is 8.59. The van der Waals surface area contributed by atoms with Crippen molar-refractivity contribution in [2.75, 3.05) is 24.2 Å². The molecule has 1 aromatic carbocycles. The van der Waals surface area contributed by atoms with Crippen LogP contribution in [0.3, 0.4) is 0 Å². The standard InChI is InChI=1S/C18H24N4OS2/c1-12-5-4-8-22(10-12)16(23)11-24-18-21-20-17(25-18)19-15-7-6-13(2)14(3)9-15/h6-7,9,12H,4-5,8,10-11H2,1-3H3,(H,19,20). The fourth-order valence-electron chi connectivity index (χ4n) is 2.89. The molecule has 3 rings (SSSR count). The number of carbonyl (C=O) groups excluding carboxylic acids is 1. The molecule has 1 saturated heterocycles. The second-order valence-corrected chi connectivity index (χ2v) is 8.87. The maximum absolute atomic E-state index is 12.3. The van der Waals surface area contributed by atoms with Crippen LogP contribution in [0.2, 0.25) is 0 Å². The summed E-state index contributed by atoms with van der Waals surface area (Å²) in [4.78, 5) is 14.3. The Balaban J connectivity index is 1.53. The zero-order valence-corrected chi connectivity index (χ0v) is 16.5. The number of hydrogen-bond acceptors (Lipinski definition) is 6. The number of nitrogens with one attached hydrogen (secondary N) is 1. The molecule has 134 valence electrons. The molecule has 0 spiro atoms. The average Bonchev–Trinajstić information content (AvgIpc) is 3.03. The molecule has 1 unspecified atom stereocenters. The summed E-state index contributed by atoms with van der Waals surface area (Å²) in [6.07, 6.45) is 2.33. The second kappa shape index (κ2) is 8.19. The van der Waals surface area contributed by atoms with Gasteiger partial charge in [0.15, 0.2) is 4.34 Å². The minimum absolute atomic E-state index is 0.204. The predicted molar refractivity (Wildman–Crippen MR) is 105 cm³/mol. The summed E-state index contributed by atoms with van der Waals surface area (Å²) in [5.41, 5.74) is 3.52. The molecule has 1 N–H and O–H groups in total. The molecule has 1 aliphatic rings. The summed E-state index contributed by atoms with van der Waals surface area (Å²) < 4.78 is 0.824. The summed E-state index contributed by atoms with van der Waals surface area (Å²) >= 11 is 2.96. The monoisotopic (exact) mass is 376 g/mol. The number of likely N-dealkylation sites (tertiary alicyclic amines) is 1. The fourth-order valence-corrected chi connectivity index (χ4v) is 4.57. The van der Waals surface area contributed by atoms with Crippen LogP contribution < -0.4 is 5.32 Å². The summed E-state index contributed by atoms with van der Waals surface area (Å²) in [5, 5.41) is 12.4. The molecule has 5 nitrogen and oxygen atoms in total. The number of thioether (sulfide) groups is 1. The van der Waals surface area contributed by atoms with Gasteiger partial charge in [0.05, 0.1) is 5.75 Å². The molecular weight excluding hydrogens is 352 g/mol. The first-order valence-corrected chi connectivity index (χ1v) is 10.4. The van der Waals surface area contributed by atoms with E-state index in [1.165, 1.54) is 40.6 Å². The number of nitrogens with zero attached hydrogens (tertiary/aromatic N) is 3. The molecule has 7 heteroatoms. The van der Waals surface area contributed by atoms with Crippen LogP contribution in [-0.4, -0.2) is 39.8 Å². The predicted octanol–water partition coefficient (Wildman–Crippen LogP) is 4.25. The van der Waals surface area contributed by atoms with E-state index in [9.17, 15) is 4.79 Å². The Morgan fingerprint density at radius 2 is 2.20 bits per heavy atom. The number of amides is 1. The number of rotatable bonds is 5. The van der Waals surface area contributed by atoms with Crippen molar-refractivity contribution >= 4 is 39.8 Å². The molecule has 2 heterocycles. The summed E-state index contributed by atoms with van der Waals surface area (Å²) in [6.45, 7) is 8.17. The van der Waals surface area contributed by atoms with Crippen LogP contribution in [-0.2, 0) is 4.79 Å². The maximum atomic E-state index is 12.3. The summed E-state index contributed by atoms with van der Waals surface area (Å²) in [6, 6.07) is 6.23. The quantitative estimate of drug-likeness (QED) is 0.791. The van der Waals surface area contributed by atoms with Gasteiger partial charge in [0, 0.05) is 18.8 Å². The Labute approximate surface area is 157 Å². The molecule has 1 amide bonds. The van der Waals surface area contributed by atoms with Gasteiger partial charge in [-0.1, -0.05) is 36.1 Å². The molecule has 1 aliphatic heterocycles. The molecule has 1 fully saturated rings. The number of carbonyl (C=O) groups is 1. The topological polar surface area (TPSA) is 58.1 Å². The highest BCUT2D eigenvalue weighted by Gasteiger charge is 2.21. The first-order chi connectivity index (χ1) is 12.0. The van der Waals surface area contributed by atoms with Crippen LogP contribution in [0, 0.1) is 19.8 Å². The van der Waals surface area contributed by atoms with Crippen molar-refractivity contribution in [3.8, 4) is 0 Å². The van der Waals surface area contributed by atoms with Crippen LogP contribution >= 0.6 is 23.1 Å². The van der Waals surface area contributed by atoms with E-state index in [1.807, 2.05) is 11.0 Å². The molecule has 1 atom stereocenters. The van der Waals surface area contributed by atoms with E-state index in [2.05, 4.69) is 48.4 Å². The third kappa shape index (κ3) is 4.95. The molecule has 0 bridgehead atoms. The molecule has 0 aliphatic carbocycles. The molecule has 1 aromatic heterocycles. The van der Waals surface area contributed by atoms with Crippen LogP contribution in [0.15, 0.2) is 22.5 Å². The highest BCUT2D eigenvalue weighted by Crippen LogP contribution is 2.28. The number of aryl methyl sites for hydroxylation is 2. The number of benzene rings is 1. The number of anilines is 2. The lowest BCUT2D eigenvalue weighted by molar-refractivity contribution is -0.130. The maximum Gasteiger partial charge on any atom is 0.233 e. The minimum atomic E-state index is 0.204. The second-order valence-electron chi connectivity index (χ2n) is 6.67. The Morgan fingerprint density at radius 3 is 2.96 bits per heavy atom. The van der Waals surface area contributed by atoms with Crippen LogP contribution in [0.1, 0.15) is 30.9 Å². The van der Waals surface area contributed by atoms with Crippen molar-refractivity contribution in [1.82, 2.24) is 15.1 Å². The van der Waals surface area contributed by atoms with Crippen molar-refractivity contribution in [3.63, 3.8) is 0 Å². The van der Waals surface area contributed by atoms with Crippen LogP contribution in [0.5, 0.6) is 0 Å². The van der Waals surface area contributed by atoms with E-state index >= 15 is 0 Å². The Kier molecular flexibility index (Phi) is 5.96. The van der Waals surface area contributed by atoms with Crippen molar-refractivity contribution < 1.29 is 4.79 Å². The lowest BCUT2D eigenvalue weighted by atomic mass is 10.0. The van der Waals surface area contributed by atoms with Gasteiger partial charge in [-0.05, 0) is 55.9 Å². The van der Waals surface area contributed by atoms with Crippen molar-refractivity contribution in [3.05, 3.63) is 29.3 Å². The molecule has 2 aromatic rings. The van der Waals surface area contributed by atoms with E-state index in [4.69, 9.17) is 0 Å². The Bertz CT molecular complexity index is 746. The van der Waals surface area contributed by atoms with Crippen molar-refractivity contribution in [1.29, 1.82) is 0 Å². The number of hydrogen-bond donors (Lipinski definition) is 1. The normalized spacial score (nSPS) is 17.6. The van der Waals surface area contributed by atoms with E-state index < -0.39 is 0 Å². The van der Waals surface area contributed by atoms with E-state index in [0.29, 0.717) is 11.7 Å². The van der Waals surface area contributed by atoms with E-state index in [-0.39, 0.29) is 5.91 Å². The van der Waals surface area contributed by atoms with Crippen molar-refractivity contribution in [2.45, 2.75) is 38.0 Å². The minimum Gasteiger partial charge on any atom is -0.342 e. The third-order valence-corrected chi connectivity index (χ3v) is 6.45. The summed E-state index contributed by atoms with van der Waals surface area (Å²) in [5.74, 6) is 1.25. The molecule has 0 saturated carbocycles. The average molecular weight is 377 g/mol. The van der Waals surface area contributed by atoms with Crippen molar-refractivity contribution in [2.24, 2.45) is 5.92 Å². The van der Waals surface area contributed by atoms with Gasteiger partial charge in [0.1, 0.15) is 0 Å².